The second-order valence-corrected chi connectivity index (χ2v) is 1.61. The van der Waals surface area contributed by atoms with Crippen LogP contribution in [0.5, 0.6) is 0 Å². The molecule has 0 aliphatic rings. The Bertz CT molecular complexity index is 156. The van der Waals surface area contributed by atoms with Gasteiger partial charge in [0.2, 0.25) is 6.16 Å². The van der Waals surface area contributed by atoms with Crippen LogP contribution in [0.4, 0.5) is 4.79 Å². The summed E-state index contributed by atoms with van der Waals surface area (Å²) in [6.45, 7) is 0. The summed E-state index contributed by atoms with van der Waals surface area (Å²) in [4.78, 5) is 8.44. The quantitative estimate of drug-likeness (QED) is 0.243. The normalized spacial score (nSPS) is 8.20. The average Bonchev–Trinajstić information content (AvgIpc) is 1.19. The molecule has 0 unspecified atom stereocenters. The van der Waals surface area contributed by atoms with Crippen molar-refractivity contribution < 1.29 is 51.4 Å². The molecule has 0 saturated carbocycles. The molecule has 0 bridgehead atoms. The molecule has 9 heteroatoms. The van der Waals surface area contributed by atoms with Crippen molar-refractivity contribution in [2.75, 3.05) is 0 Å². The predicted octanol–water partition coefficient (Wildman–Crippen LogP) is -4.76. The van der Waals surface area contributed by atoms with Crippen molar-refractivity contribution in [2.45, 2.75) is 0 Å². The van der Waals surface area contributed by atoms with Gasteiger partial charge in [-0.05, 0) is 0 Å². The van der Waals surface area contributed by atoms with E-state index in [1.54, 1.807) is 0 Å². The Morgan fingerprint density at radius 3 is 1.30 bits per heavy atom. The summed E-state index contributed by atoms with van der Waals surface area (Å²) >= 11 is 0. The van der Waals surface area contributed by atoms with E-state index in [1.807, 2.05) is 0 Å². The topological polar surface area (TPSA) is 135 Å². The van der Waals surface area contributed by atoms with Crippen molar-refractivity contribution in [1.82, 2.24) is 0 Å². The van der Waals surface area contributed by atoms with Crippen LogP contribution in [-0.4, -0.2) is 28.8 Å². The molecular formula is CH3LiO7S. The molecule has 3 N–H and O–H groups in total. The van der Waals surface area contributed by atoms with Gasteiger partial charge in [0.05, 0.1) is 0 Å². The van der Waals surface area contributed by atoms with Crippen molar-refractivity contribution in [2.24, 2.45) is 0 Å². The molecule has 0 aromatic carbocycles. The average molecular weight is 166 g/mol. The van der Waals surface area contributed by atoms with E-state index in [4.69, 9.17) is 32.5 Å². The van der Waals surface area contributed by atoms with Gasteiger partial charge in [0, 0.05) is 0 Å². The number of carboxylic acid groups (broad SMARTS) is 2. The molecule has 0 aromatic rings. The van der Waals surface area contributed by atoms with Gasteiger partial charge < -0.3 is 15.0 Å². The molecule has 0 aromatic heterocycles. The molecule has 0 rings (SSSR count). The van der Waals surface area contributed by atoms with E-state index in [-0.39, 0.29) is 18.9 Å². The van der Waals surface area contributed by atoms with Crippen molar-refractivity contribution in [3.05, 3.63) is 0 Å². The Labute approximate surface area is 68.4 Å². The zero-order valence-corrected chi connectivity index (χ0v) is 5.70. The SMILES string of the molecule is O=C([O-])O.O=S(=O)(O)O.[Li+]. The van der Waals surface area contributed by atoms with Crippen LogP contribution in [0.1, 0.15) is 0 Å². The third-order valence-electron chi connectivity index (χ3n) is 0. The maximum Gasteiger partial charge on any atom is 1.00 e. The number of carbonyl (C=O) groups is 1. The van der Waals surface area contributed by atoms with Crippen molar-refractivity contribution in [3.8, 4) is 0 Å². The fourth-order valence-corrected chi connectivity index (χ4v) is 0. The summed E-state index contributed by atoms with van der Waals surface area (Å²) in [6, 6.07) is 0. The first kappa shape index (κ1) is 16.4. The van der Waals surface area contributed by atoms with Crippen molar-refractivity contribution in [3.63, 3.8) is 0 Å². The minimum atomic E-state index is -4.67. The first-order valence-electron chi connectivity index (χ1n) is 1.33. The number of hydrogen-bond donors (Lipinski definition) is 3. The van der Waals surface area contributed by atoms with Gasteiger partial charge in [0.15, 0.2) is 0 Å². The van der Waals surface area contributed by atoms with Gasteiger partial charge in [-0.1, -0.05) is 0 Å². The first-order valence-corrected chi connectivity index (χ1v) is 2.73. The zero-order valence-electron chi connectivity index (χ0n) is 4.88. The largest absolute Gasteiger partial charge is 1.00 e. The van der Waals surface area contributed by atoms with Gasteiger partial charge in [0.25, 0.3) is 0 Å². The van der Waals surface area contributed by atoms with Crippen LogP contribution in [0.2, 0.25) is 0 Å². The Morgan fingerprint density at radius 2 is 1.30 bits per heavy atom. The van der Waals surface area contributed by atoms with E-state index < -0.39 is 16.6 Å². The Balaban J connectivity index is -0.0000000910. The molecule has 0 atom stereocenters. The fourth-order valence-electron chi connectivity index (χ4n) is 0. The van der Waals surface area contributed by atoms with Crippen LogP contribution >= 0.6 is 0 Å². The van der Waals surface area contributed by atoms with Gasteiger partial charge in [0.1, 0.15) is 0 Å². The third-order valence-corrected chi connectivity index (χ3v) is 0. The molecule has 0 fully saturated rings. The molecule has 0 aliphatic heterocycles. The van der Waals surface area contributed by atoms with Crippen LogP contribution < -0.4 is 24.0 Å². The smallest absolute Gasteiger partial charge is 0.565 e. The summed E-state index contributed by atoms with van der Waals surface area (Å²) in [5, 5.41) is 15.3. The second kappa shape index (κ2) is 6.85. The van der Waals surface area contributed by atoms with E-state index in [2.05, 4.69) is 0 Å². The third kappa shape index (κ3) is 5090. The van der Waals surface area contributed by atoms with Crippen molar-refractivity contribution in [1.29, 1.82) is 0 Å². The van der Waals surface area contributed by atoms with Crippen LogP contribution in [0.15, 0.2) is 0 Å². The van der Waals surface area contributed by atoms with E-state index >= 15 is 0 Å². The summed E-state index contributed by atoms with van der Waals surface area (Å²) in [7, 11) is -4.67. The van der Waals surface area contributed by atoms with Gasteiger partial charge in [-0.25, -0.2) is 0 Å². The van der Waals surface area contributed by atoms with Gasteiger partial charge >= 0.3 is 29.3 Å². The molecule has 0 saturated heterocycles. The maximum atomic E-state index is 8.74. The maximum absolute atomic E-state index is 8.74. The summed E-state index contributed by atoms with van der Waals surface area (Å²) < 4.78 is 31.6. The second-order valence-electron chi connectivity index (χ2n) is 0.714. The molecule has 56 valence electrons. The molecule has 10 heavy (non-hydrogen) atoms. The van der Waals surface area contributed by atoms with Gasteiger partial charge in [-0.3, -0.25) is 9.11 Å². The zero-order chi connectivity index (χ0) is 8.08. The van der Waals surface area contributed by atoms with Crippen LogP contribution in [0, 0.1) is 0 Å². The monoisotopic (exact) mass is 166 g/mol. The summed E-state index contributed by atoms with van der Waals surface area (Å²) in [6.07, 6.45) is -2.08. The molecule has 0 spiro atoms. The van der Waals surface area contributed by atoms with E-state index in [0.29, 0.717) is 0 Å². The summed E-state index contributed by atoms with van der Waals surface area (Å²) in [5.41, 5.74) is 0. The molecule has 0 amide bonds. The molecular weight excluding hydrogens is 163 g/mol. The number of hydrogen-bond acceptors (Lipinski definition) is 4. The van der Waals surface area contributed by atoms with Gasteiger partial charge in [-0.15, -0.1) is 0 Å². The minimum absolute atomic E-state index is 0. The Hall–Kier alpha value is -0.263. The molecule has 0 radical (unpaired) electrons. The van der Waals surface area contributed by atoms with Crippen LogP contribution in [0.25, 0.3) is 0 Å². The standard InChI is InChI=1S/CH2O3.Li.H2O4S/c2-1(3)4;;1-5(2,3)4/h(H2,2,3,4);;(H2,1,2,3,4)/q;+1;/p-1. The Kier molecular flexibility index (Phi) is 11.2. The minimum Gasteiger partial charge on any atom is -0.565 e. The van der Waals surface area contributed by atoms with E-state index in [0.717, 1.165) is 0 Å². The Morgan fingerprint density at radius 1 is 1.30 bits per heavy atom. The van der Waals surface area contributed by atoms with Crippen LogP contribution in [-0.2, 0) is 10.4 Å². The van der Waals surface area contributed by atoms with E-state index in [1.165, 1.54) is 0 Å². The number of rotatable bonds is 0. The predicted molar refractivity (Wildman–Crippen MR) is 22.2 cm³/mol. The fraction of sp³-hybridized carbons (Fsp3) is 0. The molecule has 0 heterocycles. The summed E-state index contributed by atoms with van der Waals surface area (Å²) in [5.74, 6) is 0. The molecule has 7 nitrogen and oxygen atoms in total. The molecule has 0 aliphatic carbocycles. The first-order chi connectivity index (χ1) is 3.73. The van der Waals surface area contributed by atoms with E-state index in [9.17, 15) is 0 Å². The van der Waals surface area contributed by atoms with Gasteiger partial charge in [-0.2, -0.15) is 8.42 Å². The van der Waals surface area contributed by atoms with Crippen molar-refractivity contribution >= 4 is 16.6 Å². The van der Waals surface area contributed by atoms with Crippen LogP contribution in [0.3, 0.4) is 0 Å².